The lowest BCUT2D eigenvalue weighted by Gasteiger charge is -2.18. The normalized spacial score (nSPS) is 10.3. The van der Waals surface area contributed by atoms with Gasteiger partial charge in [-0.25, -0.2) is 4.98 Å². The summed E-state index contributed by atoms with van der Waals surface area (Å²) < 4.78 is 0. The third-order valence-electron chi connectivity index (χ3n) is 3.00. The standard InChI is InChI=1S/C14H19Cl2N3O2/c1-3-19(4-2)12(20)6-5-9-17-14(21)13-10(15)7-8-11(16)18-13/h7-8H,3-6,9H2,1-2H3,(H,17,21). The smallest absolute Gasteiger partial charge is 0.271 e. The average Bonchev–Trinajstić information content (AvgIpc) is 2.47. The Morgan fingerprint density at radius 3 is 2.52 bits per heavy atom. The summed E-state index contributed by atoms with van der Waals surface area (Å²) in [6.45, 7) is 5.66. The molecule has 0 aliphatic heterocycles. The van der Waals surface area contributed by atoms with E-state index in [9.17, 15) is 9.59 Å². The van der Waals surface area contributed by atoms with Crippen LogP contribution in [0.3, 0.4) is 0 Å². The van der Waals surface area contributed by atoms with Gasteiger partial charge in [0.2, 0.25) is 5.91 Å². The molecule has 1 rings (SSSR count). The summed E-state index contributed by atoms with van der Waals surface area (Å²) in [6.07, 6.45) is 0.970. The van der Waals surface area contributed by atoms with Gasteiger partial charge < -0.3 is 10.2 Å². The first-order valence-corrected chi connectivity index (χ1v) is 7.63. The first kappa shape index (κ1) is 17.7. The number of pyridine rings is 1. The van der Waals surface area contributed by atoms with Crippen LogP contribution >= 0.6 is 23.2 Å². The van der Waals surface area contributed by atoms with Gasteiger partial charge in [-0.15, -0.1) is 0 Å². The molecule has 0 atom stereocenters. The zero-order valence-corrected chi connectivity index (χ0v) is 13.7. The van der Waals surface area contributed by atoms with Crippen LogP contribution in [0.15, 0.2) is 12.1 Å². The Hall–Kier alpha value is -1.33. The molecule has 1 heterocycles. The molecule has 0 aromatic carbocycles. The Morgan fingerprint density at radius 1 is 1.24 bits per heavy atom. The highest BCUT2D eigenvalue weighted by Crippen LogP contribution is 2.16. The number of hydrogen-bond donors (Lipinski definition) is 1. The van der Waals surface area contributed by atoms with Crippen molar-refractivity contribution in [1.29, 1.82) is 0 Å². The summed E-state index contributed by atoms with van der Waals surface area (Å²) >= 11 is 11.6. The van der Waals surface area contributed by atoms with Crippen molar-refractivity contribution < 1.29 is 9.59 Å². The van der Waals surface area contributed by atoms with Gasteiger partial charge >= 0.3 is 0 Å². The lowest BCUT2D eigenvalue weighted by atomic mass is 10.2. The van der Waals surface area contributed by atoms with Gasteiger partial charge in [0.1, 0.15) is 10.8 Å². The number of nitrogens with one attached hydrogen (secondary N) is 1. The average molecular weight is 332 g/mol. The Bertz CT molecular complexity index is 505. The number of amides is 2. The first-order valence-electron chi connectivity index (χ1n) is 6.87. The lowest BCUT2D eigenvalue weighted by molar-refractivity contribution is -0.130. The summed E-state index contributed by atoms with van der Waals surface area (Å²) in [7, 11) is 0. The summed E-state index contributed by atoms with van der Waals surface area (Å²) in [6, 6.07) is 3.04. The van der Waals surface area contributed by atoms with E-state index in [2.05, 4.69) is 10.3 Å². The third-order valence-corrected chi connectivity index (χ3v) is 3.51. The SMILES string of the molecule is CCN(CC)C(=O)CCCNC(=O)c1nc(Cl)ccc1Cl. The van der Waals surface area contributed by atoms with Crippen LogP contribution in [0.4, 0.5) is 0 Å². The summed E-state index contributed by atoms with van der Waals surface area (Å²) in [5.41, 5.74) is 0.0965. The fourth-order valence-corrected chi connectivity index (χ4v) is 2.18. The molecular weight excluding hydrogens is 313 g/mol. The van der Waals surface area contributed by atoms with Crippen molar-refractivity contribution in [2.45, 2.75) is 26.7 Å². The minimum atomic E-state index is -0.391. The van der Waals surface area contributed by atoms with Crippen molar-refractivity contribution in [2.24, 2.45) is 0 Å². The van der Waals surface area contributed by atoms with Gasteiger partial charge in [-0.05, 0) is 32.4 Å². The Balaban J connectivity index is 2.41. The number of rotatable bonds is 7. The van der Waals surface area contributed by atoms with Gasteiger partial charge in [0.05, 0.1) is 5.02 Å². The van der Waals surface area contributed by atoms with Gasteiger partial charge in [0, 0.05) is 26.1 Å². The van der Waals surface area contributed by atoms with Gasteiger partial charge in [0.15, 0.2) is 0 Å². The molecule has 0 fully saturated rings. The predicted molar refractivity (Wildman–Crippen MR) is 83.8 cm³/mol. The van der Waals surface area contributed by atoms with Crippen molar-refractivity contribution in [3.8, 4) is 0 Å². The maximum absolute atomic E-state index is 11.9. The van der Waals surface area contributed by atoms with Gasteiger partial charge in [-0.2, -0.15) is 0 Å². The number of hydrogen-bond acceptors (Lipinski definition) is 3. The van der Waals surface area contributed by atoms with Gasteiger partial charge in [0.25, 0.3) is 5.91 Å². The van der Waals surface area contributed by atoms with Crippen molar-refractivity contribution >= 4 is 35.0 Å². The number of nitrogens with zero attached hydrogens (tertiary/aromatic N) is 2. The number of halogens is 2. The van der Waals surface area contributed by atoms with Crippen LogP contribution in [0.1, 0.15) is 37.2 Å². The Kier molecular flexibility index (Phi) is 7.47. The summed E-state index contributed by atoms with van der Waals surface area (Å²) in [4.78, 5) is 29.3. The van der Waals surface area contributed by atoms with Crippen LogP contribution in [0.25, 0.3) is 0 Å². The second kappa shape index (κ2) is 8.85. The maximum atomic E-state index is 11.9. The van der Waals surface area contributed by atoms with E-state index < -0.39 is 5.91 Å². The van der Waals surface area contributed by atoms with Crippen LogP contribution in [0.2, 0.25) is 10.2 Å². The molecular formula is C14H19Cl2N3O2. The third kappa shape index (κ3) is 5.52. The fourth-order valence-electron chi connectivity index (χ4n) is 1.84. The molecule has 1 N–H and O–H groups in total. The molecule has 2 amide bonds. The highest BCUT2D eigenvalue weighted by atomic mass is 35.5. The molecule has 5 nitrogen and oxygen atoms in total. The molecule has 7 heteroatoms. The second-order valence-electron chi connectivity index (χ2n) is 4.39. The minimum Gasteiger partial charge on any atom is -0.351 e. The molecule has 0 aliphatic rings. The lowest BCUT2D eigenvalue weighted by Crippen LogP contribution is -2.31. The van der Waals surface area contributed by atoms with Gasteiger partial charge in [-0.3, -0.25) is 9.59 Å². The zero-order chi connectivity index (χ0) is 15.8. The van der Waals surface area contributed by atoms with Crippen LogP contribution in [-0.4, -0.2) is 41.3 Å². The molecule has 21 heavy (non-hydrogen) atoms. The van der Waals surface area contributed by atoms with E-state index >= 15 is 0 Å². The molecule has 0 saturated carbocycles. The molecule has 0 spiro atoms. The fraction of sp³-hybridized carbons (Fsp3) is 0.500. The van der Waals surface area contributed by atoms with Crippen LogP contribution < -0.4 is 5.32 Å². The molecule has 1 aromatic heterocycles. The molecule has 0 radical (unpaired) electrons. The van der Waals surface area contributed by atoms with E-state index in [4.69, 9.17) is 23.2 Å². The quantitative estimate of drug-likeness (QED) is 0.617. The molecule has 1 aromatic rings. The maximum Gasteiger partial charge on any atom is 0.271 e. The second-order valence-corrected chi connectivity index (χ2v) is 5.18. The zero-order valence-electron chi connectivity index (χ0n) is 12.2. The van der Waals surface area contributed by atoms with Crippen molar-refractivity contribution in [3.63, 3.8) is 0 Å². The van der Waals surface area contributed by atoms with Crippen LogP contribution in [0.5, 0.6) is 0 Å². The Morgan fingerprint density at radius 2 is 1.90 bits per heavy atom. The van der Waals surface area contributed by atoms with E-state index in [1.807, 2.05) is 13.8 Å². The van der Waals surface area contributed by atoms with E-state index in [1.54, 1.807) is 4.90 Å². The van der Waals surface area contributed by atoms with Gasteiger partial charge in [-0.1, -0.05) is 23.2 Å². The van der Waals surface area contributed by atoms with Crippen molar-refractivity contribution in [2.75, 3.05) is 19.6 Å². The molecule has 0 saturated heterocycles. The highest BCUT2D eigenvalue weighted by molar-refractivity contribution is 6.34. The summed E-state index contributed by atoms with van der Waals surface area (Å²) in [5, 5.41) is 3.14. The molecule has 0 bridgehead atoms. The number of aromatic nitrogens is 1. The van der Waals surface area contributed by atoms with Crippen LogP contribution in [-0.2, 0) is 4.79 Å². The topological polar surface area (TPSA) is 62.3 Å². The van der Waals surface area contributed by atoms with E-state index in [0.29, 0.717) is 32.5 Å². The molecule has 116 valence electrons. The van der Waals surface area contributed by atoms with Crippen molar-refractivity contribution in [3.05, 3.63) is 28.0 Å². The monoisotopic (exact) mass is 331 g/mol. The number of carbonyl (C=O) groups is 2. The molecule has 0 unspecified atom stereocenters. The predicted octanol–water partition coefficient (Wildman–Crippen LogP) is 2.77. The summed E-state index contributed by atoms with van der Waals surface area (Å²) in [5.74, 6) is -0.300. The largest absolute Gasteiger partial charge is 0.351 e. The number of carbonyl (C=O) groups excluding carboxylic acids is 2. The van der Waals surface area contributed by atoms with E-state index in [-0.39, 0.29) is 21.8 Å². The van der Waals surface area contributed by atoms with E-state index in [0.717, 1.165) is 0 Å². The molecule has 0 aliphatic carbocycles. The van der Waals surface area contributed by atoms with E-state index in [1.165, 1.54) is 12.1 Å². The minimum absolute atomic E-state index is 0.0909. The Labute approximate surface area is 134 Å². The highest BCUT2D eigenvalue weighted by Gasteiger charge is 2.13. The van der Waals surface area contributed by atoms with Crippen molar-refractivity contribution in [1.82, 2.24) is 15.2 Å². The van der Waals surface area contributed by atoms with Crippen LogP contribution in [0, 0.1) is 0 Å². The first-order chi connectivity index (χ1) is 9.99.